The summed E-state index contributed by atoms with van der Waals surface area (Å²) in [6.07, 6.45) is -2.78. The Morgan fingerprint density at radius 2 is 1.93 bits per heavy atom. The zero-order valence-corrected chi connectivity index (χ0v) is 16.5. The zero-order chi connectivity index (χ0) is 21.9. The summed E-state index contributed by atoms with van der Waals surface area (Å²) in [6.45, 7) is 1.69. The molecule has 0 radical (unpaired) electrons. The monoisotopic (exact) mass is 435 g/mol. The van der Waals surface area contributed by atoms with Crippen LogP contribution in [0.4, 0.5) is 13.2 Å². The number of amides is 1. The molecule has 1 amide bonds. The summed E-state index contributed by atoms with van der Waals surface area (Å²) >= 11 is 5.89. The van der Waals surface area contributed by atoms with Crippen LogP contribution in [0.2, 0.25) is 5.02 Å². The molecule has 1 aromatic heterocycles. The lowest BCUT2D eigenvalue weighted by Crippen LogP contribution is -2.29. The molecule has 0 saturated heterocycles. The van der Waals surface area contributed by atoms with Gasteiger partial charge in [-0.25, -0.2) is 4.68 Å². The van der Waals surface area contributed by atoms with Gasteiger partial charge in [-0.05, 0) is 48.9 Å². The summed E-state index contributed by atoms with van der Waals surface area (Å²) in [5.74, 6) is -0.544. The number of rotatable bonds is 6. The Bertz CT molecular complexity index is 1060. The summed E-state index contributed by atoms with van der Waals surface area (Å²) in [7, 11) is 0. The van der Waals surface area contributed by atoms with E-state index >= 15 is 0 Å². The van der Waals surface area contributed by atoms with Crippen molar-refractivity contribution in [1.29, 1.82) is 0 Å². The van der Waals surface area contributed by atoms with Crippen molar-refractivity contribution in [3.8, 4) is 5.69 Å². The van der Waals surface area contributed by atoms with Gasteiger partial charge in [0, 0.05) is 11.4 Å². The Morgan fingerprint density at radius 3 is 2.57 bits per heavy atom. The summed E-state index contributed by atoms with van der Waals surface area (Å²) in [6, 6.07) is 10.5. The molecule has 3 aromatic rings. The van der Waals surface area contributed by atoms with Gasteiger partial charge in [0.15, 0.2) is 0 Å². The van der Waals surface area contributed by atoms with Gasteiger partial charge in [-0.15, -0.1) is 0 Å². The second-order valence-electron chi connectivity index (χ2n) is 6.58. The van der Waals surface area contributed by atoms with Crippen LogP contribution in [0.1, 0.15) is 39.6 Å². The predicted molar refractivity (Wildman–Crippen MR) is 106 cm³/mol. The fourth-order valence-electron chi connectivity index (χ4n) is 3.02. The highest BCUT2D eigenvalue weighted by atomic mass is 35.5. The lowest BCUT2D eigenvalue weighted by atomic mass is 10.0. The lowest BCUT2D eigenvalue weighted by Gasteiger charge is -2.18. The summed E-state index contributed by atoms with van der Waals surface area (Å²) in [4.78, 5) is 23.9. The number of carbonyl (C=O) groups excluding carboxylic acids is 2. The van der Waals surface area contributed by atoms with Gasteiger partial charge in [0.1, 0.15) is 6.29 Å². The van der Waals surface area contributed by atoms with Crippen LogP contribution >= 0.6 is 11.6 Å². The first kappa shape index (κ1) is 21.6. The van der Waals surface area contributed by atoms with Crippen LogP contribution in [0, 0.1) is 6.92 Å². The number of hydrogen-bond acceptors (Lipinski definition) is 3. The second-order valence-corrected chi connectivity index (χ2v) is 7.02. The largest absolute Gasteiger partial charge is 0.416 e. The molecule has 0 fully saturated rings. The second kappa shape index (κ2) is 8.71. The van der Waals surface area contributed by atoms with E-state index in [0.717, 1.165) is 12.1 Å². The van der Waals surface area contributed by atoms with Crippen LogP contribution in [0.3, 0.4) is 0 Å². The SMILES string of the molecule is Cc1c(C(=O)N[C@@H](CC=O)c2cccc(C(F)(F)F)c2)cnn1-c1ccc(Cl)cc1. The number of nitrogens with zero attached hydrogens (tertiary/aromatic N) is 2. The van der Waals surface area contributed by atoms with Crippen LogP contribution in [-0.2, 0) is 11.0 Å². The van der Waals surface area contributed by atoms with Crippen molar-refractivity contribution in [2.75, 3.05) is 0 Å². The molecule has 0 saturated carbocycles. The first-order valence-corrected chi connectivity index (χ1v) is 9.30. The molecule has 3 rings (SSSR count). The van der Waals surface area contributed by atoms with Crippen molar-refractivity contribution in [2.45, 2.75) is 25.6 Å². The normalized spacial score (nSPS) is 12.4. The number of aldehydes is 1. The lowest BCUT2D eigenvalue weighted by molar-refractivity contribution is -0.137. The fourth-order valence-corrected chi connectivity index (χ4v) is 3.14. The molecule has 0 bridgehead atoms. The van der Waals surface area contributed by atoms with Gasteiger partial charge in [-0.2, -0.15) is 18.3 Å². The van der Waals surface area contributed by atoms with E-state index in [-0.39, 0.29) is 17.5 Å². The number of halogens is 4. The fraction of sp³-hybridized carbons (Fsp3) is 0.190. The summed E-state index contributed by atoms with van der Waals surface area (Å²) < 4.78 is 40.6. The van der Waals surface area contributed by atoms with Crippen molar-refractivity contribution in [3.63, 3.8) is 0 Å². The van der Waals surface area contributed by atoms with Gasteiger partial charge in [0.25, 0.3) is 5.91 Å². The summed E-state index contributed by atoms with van der Waals surface area (Å²) in [5.41, 5.74) is 0.805. The molecule has 1 atom stereocenters. The molecule has 2 aromatic carbocycles. The number of hydrogen-bond donors (Lipinski definition) is 1. The Hall–Kier alpha value is -3.13. The molecule has 0 aliphatic heterocycles. The highest BCUT2D eigenvalue weighted by molar-refractivity contribution is 6.30. The van der Waals surface area contributed by atoms with Crippen LogP contribution in [-0.4, -0.2) is 22.0 Å². The van der Waals surface area contributed by atoms with Crippen molar-refractivity contribution >= 4 is 23.8 Å². The molecule has 1 heterocycles. The highest BCUT2D eigenvalue weighted by Gasteiger charge is 2.31. The van der Waals surface area contributed by atoms with Gasteiger partial charge >= 0.3 is 6.18 Å². The Morgan fingerprint density at radius 1 is 1.23 bits per heavy atom. The minimum absolute atomic E-state index is 0.169. The van der Waals surface area contributed by atoms with E-state index < -0.39 is 23.7 Å². The van der Waals surface area contributed by atoms with E-state index in [1.54, 1.807) is 35.9 Å². The van der Waals surface area contributed by atoms with Gasteiger partial charge in [-0.1, -0.05) is 23.7 Å². The number of carbonyl (C=O) groups is 2. The summed E-state index contributed by atoms with van der Waals surface area (Å²) in [5, 5.41) is 7.39. The topological polar surface area (TPSA) is 64.0 Å². The number of alkyl halides is 3. The van der Waals surface area contributed by atoms with Crippen LogP contribution in [0.25, 0.3) is 5.69 Å². The van der Waals surface area contributed by atoms with Crippen molar-refractivity contribution < 1.29 is 22.8 Å². The molecule has 0 unspecified atom stereocenters. The Balaban J connectivity index is 1.86. The molecule has 0 aliphatic carbocycles. The van der Waals surface area contributed by atoms with Crippen LogP contribution < -0.4 is 5.32 Å². The van der Waals surface area contributed by atoms with Gasteiger partial charge < -0.3 is 10.1 Å². The van der Waals surface area contributed by atoms with Crippen LogP contribution in [0.15, 0.2) is 54.7 Å². The van der Waals surface area contributed by atoms with E-state index in [9.17, 15) is 22.8 Å². The molecule has 0 spiro atoms. The Kier molecular flexibility index (Phi) is 6.26. The van der Waals surface area contributed by atoms with E-state index in [0.29, 0.717) is 22.7 Å². The van der Waals surface area contributed by atoms with E-state index in [4.69, 9.17) is 11.6 Å². The van der Waals surface area contributed by atoms with Crippen molar-refractivity contribution in [3.05, 3.63) is 82.1 Å². The smallest absolute Gasteiger partial charge is 0.345 e. The standard InChI is InChI=1S/C21H17ClF3N3O2/c1-13-18(12-26-28(13)17-7-5-16(22)6-8-17)20(30)27-19(9-10-29)14-3-2-4-15(11-14)21(23,24)25/h2-8,10-12,19H,9H2,1H3,(H,27,30)/t19-/m0/s1. The first-order valence-electron chi connectivity index (χ1n) is 8.93. The van der Waals surface area contributed by atoms with Crippen molar-refractivity contribution in [2.24, 2.45) is 0 Å². The maximum atomic E-state index is 13.0. The third kappa shape index (κ3) is 4.71. The minimum atomic E-state index is -4.53. The average Bonchev–Trinajstić information content (AvgIpc) is 3.09. The molecular weight excluding hydrogens is 419 g/mol. The molecule has 156 valence electrons. The Labute approximate surface area is 175 Å². The molecule has 30 heavy (non-hydrogen) atoms. The van der Waals surface area contributed by atoms with E-state index in [1.807, 2.05) is 0 Å². The molecule has 5 nitrogen and oxygen atoms in total. The van der Waals surface area contributed by atoms with E-state index in [2.05, 4.69) is 10.4 Å². The first-order chi connectivity index (χ1) is 14.2. The predicted octanol–water partition coefficient (Wildman–Crippen LogP) is 4.91. The highest BCUT2D eigenvalue weighted by Crippen LogP contribution is 2.31. The maximum absolute atomic E-state index is 13.0. The molecule has 0 aliphatic rings. The minimum Gasteiger partial charge on any atom is -0.345 e. The van der Waals surface area contributed by atoms with Gasteiger partial charge in [-0.3, -0.25) is 4.79 Å². The zero-order valence-electron chi connectivity index (χ0n) is 15.8. The van der Waals surface area contributed by atoms with Crippen LogP contribution in [0.5, 0.6) is 0 Å². The molecule has 1 N–H and O–H groups in total. The molecule has 9 heteroatoms. The number of nitrogens with one attached hydrogen (secondary N) is 1. The third-order valence-electron chi connectivity index (χ3n) is 4.58. The number of aromatic nitrogens is 2. The van der Waals surface area contributed by atoms with Gasteiger partial charge in [0.05, 0.1) is 34.7 Å². The quantitative estimate of drug-likeness (QED) is 0.559. The molecular formula is C21H17ClF3N3O2. The average molecular weight is 436 g/mol. The van der Waals surface area contributed by atoms with Crippen molar-refractivity contribution in [1.82, 2.24) is 15.1 Å². The third-order valence-corrected chi connectivity index (χ3v) is 4.83. The number of benzene rings is 2. The van der Waals surface area contributed by atoms with Gasteiger partial charge in [0.2, 0.25) is 0 Å². The maximum Gasteiger partial charge on any atom is 0.416 e. The van der Waals surface area contributed by atoms with E-state index in [1.165, 1.54) is 18.3 Å².